The van der Waals surface area contributed by atoms with Crippen LogP contribution in [0, 0.1) is 0 Å². The first-order chi connectivity index (χ1) is 9.49. The lowest BCUT2D eigenvalue weighted by atomic mass is 10.1. The highest BCUT2D eigenvalue weighted by Crippen LogP contribution is 2.23. The summed E-state index contributed by atoms with van der Waals surface area (Å²) in [7, 11) is 1.54. The number of anilines is 1. The largest absolute Gasteiger partial charge is 0.355 e. The summed E-state index contributed by atoms with van der Waals surface area (Å²) in [5.74, 6) is 0.250. The van der Waals surface area contributed by atoms with E-state index in [-0.39, 0.29) is 11.8 Å². The zero-order chi connectivity index (χ0) is 15.1. The molecule has 0 aliphatic heterocycles. The van der Waals surface area contributed by atoms with Gasteiger partial charge < -0.3 is 16.4 Å². The molecule has 0 aromatic heterocycles. The van der Waals surface area contributed by atoms with E-state index in [2.05, 4.69) is 10.6 Å². The molecule has 0 bridgehead atoms. The highest BCUT2D eigenvalue weighted by Gasteiger charge is 2.15. The number of carbonyl (C=O) groups is 2. The molecule has 0 saturated carbocycles. The number of benzene rings is 1. The normalized spacial score (nSPS) is 11.8. The Labute approximate surface area is 127 Å². The molecule has 5 nitrogen and oxygen atoms in total. The second kappa shape index (κ2) is 8.14. The molecule has 1 atom stereocenters. The van der Waals surface area contributed by atoms with Gasteiger partial charge in [-0.2, -0.15) is 11.8 Å². The maximum atomic E-state index is 11.9. The van der Waals surface area contributed by atoms with Crippen molar-refractivity contribution in [2.45, 2.75) is 12.5 Å². The van der Waals surface area contributed by atoms with Crippen molar-refractivity contribution in [1.29, 1.82) is 0 Å². The van der Waals surface area contributed by atoms with Crippen molar-refractivity contribution in [2.24, 2.45) is 5.73 Å². The third kappa shape index (κ3) is 4.70. The number of carbonyl (C=O) groups excluding carboxylic acids is 2. The monoisotopic (exact) mass is 315 g/mol. The lowest BCUT2D eigenvalue weighted by Gasteiger charge is -2.13. The molecule has 2 amide bonds. The molecule has 110 valence electrons. The number of nitrogens with one attached hydrogen (secondary N) is 2. The number of hydrogen-bond acceptors (Lipinski definition) is 4. The summed E-state index contributed by atoms with van der Waals surface area (Å²) in [4.78, 5) is 23.5. The molecule has 0 heterocycles. The molecule has 0 radical (unpaired) electrons. The van der Waals surface area contributed by atoms with Crippen LogP contribution in [0.1, 0.15) is 16.8 Å². The van der Waals surface area contributed by atoms with E-state index >= 15 is 0 Å². The van der Waals surface area contributed by atoms with Crippen molar-refractivity contribution >= 4 is 40.9 Å². The predicted octanol–water partition coefficient (Wildman–Crippen LogP) is 1.72. The van der Waals surface area contributed by atoms with Gasteiger partial charge in [-0.05, 0) is 36.6 Å². The minimum atomic E-state index is -0.595. The Morgan fingerprint density at radius 1 is 1.45 bits per heavy atom. The van der Waals surface area contributed by atoms with E-state index in [0.29, 0.717) is 22.7 Å². The standard InChI is InChI=1S/C13H18ClN3O2S/c1-16-12(18)8-3-4-9(14)11(7-8)17-13(19)10(15)5-6-20-2/h3-4,7,10H,5-6,15H2,1-2H3,(H,16,18)(H,17,19)/t10-/m1/s1. The first-order valence-electron chi connectivity index (χ1n) is 6.06. The van der Waals surface area contributed by atoms with E-state index in [1.54, 1.807) is 23.9 Å². The van der Waals surface area contributed by atoms with Crippen molar-refractivity contribution in [3.05, 3.63) is 28.8 Å². The fraction of sp³-hybridized carbons (Fsp3) is 0.385. The van der Waals surface area contributed by atoms with Crippen LogP contribution < -0.4 is 16.4 Å². The SMILES string of the molecule is CNC(=O)c1ccc(Cl)c(NC(=O)[C@H](N)CCSC)c1. The average Bonchev–Trinajstić information content (AvgIpc) is 2.45. The van der Waals surface area contributed by atoms with E-state index in [0.717, 1.165) is 5.75 Å². The van der Waals surface area contributed by atoms with Gasteiger partial charge in [-0.15, -0.1) is 0 Å². The Morgan fingerprint density at radius 3 is 2.75 bits per heavy atom. The number of rotatable bonds is 6. The molecule has 0 aliphatic carbocycles. The van der Waals surface area contributed by atoms with E-state index in [1.165, 1.54) is 13.1 Å². The predicted molar refractivity (Wildman–Crippen MR) is 84.4 cm³/mol. The molecular formula is C13H18ClN3O2S. The quantitative estimate of drug-likeness (QED) is 0.746. The zero-order valence-electron chi connectivity index (χ0n) is 11.4. The minimum Gasteiger partial charge on any atom is -0.355 e. The van der Waals surface area contributed by atoms with Crippen LogP contribution in [0.4, 0.5) is 5.69 Å². The first kappa shape index (κ1) is 16.8. The third-order valence-electron chi connectivity index (χ3n) is 2.68. The van der Waals surface area contributed by atoms with Crippen LogP contribution in [0.15, 0.2) is 18.2 Å². The van der Waals surface area contributed by atoms with Gasteiger partial charge in [0.25, 0.3) is 5.91 Å². The summed E-state index contributed by atoms with van der Waals surface area (Å²) >= 11 is 7.63. The van der Waals surface area contributed by atoms with Crippen LogP contribution in [-0.2, 0) is 4.79 Å². The smallest absolute Gasteiger partial charge is 0.251 e. The topological polar surface area (TPSA) is 84.2 Å². The highest BCUT2D eigenvalue weighted by atomic mass is 35.5. The summed E-state index contributed by atoms with van der Waals surface area (Å²) in [5.41, 5.74) is 6.59. The molecule has 0 unspecified atom stereocenters. The molecule has 20 heavy (non-hydrogen) atoms. The van der Waals surface area contributed by atoms with E-state index in [9.17, 15) is 9.59 Å². The first-order valence-corrected chi connectivity index (χ1v) is 7.83. The molecular weight excluding hydrogens is 298 g/mol. The highest BCUT2D eigenvalue weighted by molar-refractivity contribution is 7.98. The van der Waals surface area contributed by atoms with Crippen LogP contribution in [0.25, 0.3) is 0 Å². The molecule has 1 rings (SSSR count). The van der Waals surface area contributed by atoms with Gasteiger partial charge in [-0.3, -0.25) is 9.59 Å². The lowest BCUT2D eigenvalue weighted by Crippen LogP contribution is -2.36. The molecule has 1 aromatic carbocycles. The average molecular weight is 316 g/mol. The van der Waals surface area contributed by atoms with Gasteiger partial charge in [-0.1, -0.05) is 11.6 Å². The molecule has 0 saturated heterocycles. The van der Waals surface area contributed by atoms with Crippen LogP contribution >= 0.6 is 23.4 Å². The van der Waals surface area contributed by atoms with Gasteiger partial charge in [0.1, 0.15) is 0 Å². The second-order valence-corrected chi connectivity index (χ2v) is 5.54. The molecule has 0 fully saturated rings. The number of amides is 2. The Bertz CT molecular complexity index is 497. The minimum absolute atomic E-state index is 0.246. The molecule has 7 heteroatoms. The van der Waals surface area contributed by atoms with Crippen molar-refractivity contribution < 1.29 is 9.59 Å². The Kier molecular flexibility index (Phi) is 6.84. The maximum absolute atomic E-state index is 11.9. The molecule has 1 aromatic rings. The van der Waals surface area contributed by atoms with E-state index in [1.807, 2.05) is 6.26 Å². The summed E-state index contributed by atoms with van der Waals surface area (Å²) in [5, 5.41) is 5.53. The molecule has 0 spiro atoms. The Hall–Kier alpha value is -1.24. The van der Waals surface area contributed by atoms with Gasteiger partial charge in [0.05, 0.1) is 16.8 Å². The van der Waals surface area contributed by atoms with Gasteiger partial charge in [0, 0.05) is 12.6 Å². The summed E-state index contributed by atoms with van der Waals surface area (Å²) < 4.78 is 0. The van der Waals surface area contributed by atoms with E-state index in [4.69, 9.17) is 17.3 Å². The van der Waals surface area contributed by atoms with Crippen LogP contribution in [-0.4, -0.2) is 36.9 Å². The molecule has 0 aliphatic rings. The number of hydrogen-bond donors (Lipinski definition) is 3. The van der Waals surface area contributed by atoms with Crippen molar-refractivity contribution in [3.8, 4) is 0 Å². The fourth-order valence-electron chi connectivity index (χ4n) is 1.51. The molecule has 4 N–H and O–H groups in total. The maximum Gasteiger partial charge on any atom is 0.251 e. The number of thioether (sulfide) groups is 1. The van der Waals surface area contributed by atoms with E-state index < -0.39 is 6.04 Å². The summed E-state index contributed by atoms with van der Waals surface area (Å²) in [6, 6.07) is 4.09. The van der Waals surface area contributed by atoms with Crippen LogP contribution in [0.5, 0.6) is 0 Å². The second-order valence-electron chi connectivity index (χ2n) is 4.15. The fourth-order valence-corrected chi connectivity index (χ4v) is 2.16. The van der Waals surface area contributed by atoms with Crippen LogP contribution in [0.2, 0.25) is 5.02 Å². The third-order valence-corrected chi connectivity index (χ3v) is 3.66. The van der Waals surface area contributed by atoms with Crippen LogP contribution in [0.3, 0.4) is 0 Å². The van der Waals surface area contributed by atoms with Crippen molar-refractivity contribution in [1.82, 2.24) is 5.32 Å². The van der Waals surface area contributed by atoms with Gasteiger partial charge >= 0.3 is 0 Å². The zero-order valence-corrected chi connectivity index (χ0v) is 13.0. The summed E-state index contributed by atoms with van der Waals surface area (Å²) in [6.45, 7) is 0. The Morgan fingerprint density at radius 2 is 2.15 bits per heavy atom. The summed E-state index contributed by atoms with van der Waals surface area (Å²) in [6.07, 6.45) is 2.54. The van der Waals surface area contributed by atoms with Crippen molar-refractivity contribution in [2.75, 3.05) is 24.4 Å². The van der Waals surface area contributed by atoms with Gasteiger partial charge in [0.15, 0.2) is 0 Å². The van der Waals surface area contributed by atoms with Gasteiger partial charge in [0.2, 0.25) is 5.91 Å². The Balaban J connectivity index is 2.80. The number of halogens is 1. The van der Waals surface area contributed by atoms with Gasteiger partial charge in [-0.25, -0.2) is 0 Å². The van der Waals surface area contributed by atoms with Crippen molar-refractivity contribution in [3.63, 3.8) is 0 Å². The number of nitrogens with two attached hydrogens (primary N) is 1. The lowest BCUT2D eigenvalue weighted by molar-refractivity contribution is -0.117.